The lowest BCUT2D eigenvalue weighted by atomic mass is 10.0. The van der Waals surface area contributed by atoms with E-state index in [1.165, 1.54) is 0 Å². The zero-order valence-electron chi connectivity index (χ0n) is 14.6. The van der Waals surface area contributed by atoms with E-state index in [1.807, 2.05) is 54.6 Å². The van der Waals surface area contributed by atoms with E-state index >= 15 is 0 Å². The van der Waals surface area contributed by atoms with E-state index in [9.17, 15) is 4.79 Å². The van der Waals surface area contributed by atoms with Gasteiger partial charge in [0.15, 0.2) is 5.78 Å². The Kier molecular flexibility index (Phi) is 4.72. The van der Waals surface area contributed by atoms with Gasteiger partial charge in [-0.3, -0.25) is 4.79 Å². The van der Waals surface area contributed by atoms with Crippen molar-refractivity contribution < 1.29 is 9.22 Å². The topological polar surface area (TPSA) is 26.3 Å². The summed E-state index contributed by atoms with van der Waals surface area (Å²) < 4.78 is 6.71. The minimum atomic E-state index is -1.87. The minimum Gasteiger partial charge on any atom is -0.543 e. The van der Waals surface area contributed by atoms with Crippen LogP contribution in [0.2, 0.25) is 18.1 Å². The third-order valence-electron chi connectivity index (χ3n) is 5.18. The first-order valence-corrected chi connectivity index (χ1v) is 11.3. The molecule has 0 saturated heterocycles. The predicted octanol–water partition coefficient (Wildman–Crippen LogP) is 5.77. The Hall–Kier alpha value is -2.13. The molecule has 0 spiro atoms. The maximum absolute atomic E-state index is 13.0. The van der Waals surface area contributed by atoms with Crippen LogP contribution >= 0.6 is 0 Å². The molecule has 0 heterocycles. The van der Waals surface area contributed by atoms with Gasteiger partial charge >= 0.3 is 0 Å². The molecule has 1 aliphatic rings. The lowest BCUT2D eigenvalue weighted by molar-refractivity contribution is 0.105. The van der Waals surface area contributed by atoms with Crippen LogP contribution in [0.1, 0.15) is 42.3 Å². The number of ketones is 1. The highest BCUT2D eigenvalue weighted by molar-refractivity contribution is 6.74. The standard InChI is InChI=1S/C21H24O2Si/c1-4-24(5-2,6-3)23-21-18-15-11-10-14-17(18)20(22)19(21)16-12-8-7-9-13-16/h7-15H,4-6H2,1-3H3. The molecule has 0 aromatic heterocycles. The number of rotatable bonds is 6. The molecular formula is C21H24O2Si. The Morgan fingerprint density at radius 3 is 1.92 bits per heavy atom. The molecule has 0 amide bonds. The number of hydrogen-bond donors (Lipinski definition) is 0. The summed E-state index contributed by atoms with van der Waals surface area (Å²) in [7, 11) is -1.87. The third-order valence-corrected chi connectivity index (χ3v) is 9.69. The number of carbonyl (C=O) groups excluding carboxylic acids is 1. The van der Waals surface area contributed by atoms with Crippen molar-refractivity contribution in [2.24, 2.45) is 0 Å². The number of hydrogen-bond acceptors (Lipinski definition) is 2. The molecule has 0 bridgehead atoms. The lowest BCUT2D eigenvalue weighted by Gasteiger charge is -2.30. The van der Waals surface area contributed by atoms with Gasteiger partial charge in [-0.15, -0.1) is 0 Å². The van der Waals surface area contributed by atoms with E-state index in [4.69, 9.17) is 4.43 Å². The second-order valence-corrected chi connectivity index (χ2v) is 11.0. The van der Waals surface area contributed by atoms with Gasteiger partial charge in [-0.25, -0.2) is 0 Å². The molecule has 0 saturated carbocycles. The monoisotopic (exact) mass is 336 g/mol. The van der Waals surface area contributed by atoms with Crippen LogP contribution in [0.25, 0.3) is 11.3 Å². The van der Waals surface area contributed by atoms with Gasteiger partial charge < -0.3 is 4.43 Å². The number of fused-ring (bicyclic) bond motifs is 1. The molecule has 3 rings (SSSR count). The van der Waals surface area contributed by atoms with Crippen LogP contribution in [0.4, 0.5) is 0 Å². The number of Topliss-reactive ketones (excluding diaryl/α,β-unsaturated/α-hetero) is 1. The van der Waals surface area contributed by atoms with Crippen molar-refractivity contribution in [2.75, 3.05) is 0 Å². The Balaban J connectivity index is 2.18. The first-order valence-electron chi connectivity index (χ1n) is 8.78. The molecule has 0 N–H and O–H groups in total. The Morgan fingerprint density at radius 1 is 0.792 bits per heavy atom. The van der Waals surface area contributed by atoms with Gasteiger partial charge in [-0.2, -0.15) is 0 Å². The Labute approximate surface area is 145 Å². The van der Waals surface area contributed by atoms with E-state index in [-0.39, 0.29) is 5.78 Å². The molecular weight excluding hydrogens is 312 g/mol. The SMILES string of the molecule is CC[Si](CC)(CC)OC1=C(c2ccccc2)C(=O)c2ccccc21. The van der Waals surface area contributed by atoms with Gasteiger partial charge in [0.2, 0.25) is 0 Å². The molecule has 24 heavy (non-hydrogen) atoms. The molecule has 0 aliphatic heterocycles. The van der Waals surface area contributed by atoms with Crippen LogP contribution in [0.3, 0.4) is 0 Å². The van der Waals surface area contributed by atoms with Crippen LogP contribution in [-0.2, 0) is 4.43 Å². The molecule has 0 atom stereocenters. The zero-order chi connectivity index (χ0) is 17.2. The van der Waals surface area contributed by atoms with Gasteiger partial charge in [-0.1, -0.05) is 75.4 Å². The lowest BCUT2D eigenvalue weighted by Crippen LogP contribution is -2.35. The molecule has 2 nitrogen and oxygen atoms in total. The fraction of sp³-hybridized carbons (Fsp3) is 0.286. The van der Waals surface area contributed by atoms with Crippen LogP contribution in [0.5, 0.6) is 0 Å². The highest BCUT2D eigenvalue weighted by atomic mass is 28.4. The molecule has 1 aliphatic carbocycles. The normalized spacial score (nSPS) is 14.0. The van der Waals surface area contributed by atoms with Crippen molar-refractivity contribution >= 4 is 25.4 Å². The summed E-state index contributed by atoms with van der Waals surface area (Å²) in [5.41, 5.74) is 3.38. The summed E-state index contributed by atoms with van der Waals surface area (Å²) in [6, 6.07) is 20.9. The third kappa shape index (κ3) is 2.73. The van der Waals surface area contributed by atoms with E-state index < -0.39 is 8.32 Å². The zero-order valence-corrected chi connectivity index (χ0v) is 15.6. The average Bonchev–Trinajstić information content (AvgIpc) is 2.93. The molecule has 2 aromatic carbocycles. The highest BCUT2D eigenvalue weighted by Crippen LogP contribution is 2.42. The second kappa shape index (κ2) is 6.77. The maximum Gasteiger partial charge on any atom is 0.250 e. The summed E-state index contributed by atoms with van der Waals surface area (Å²) in [6.45, 7) is 6.64. The summed E-state index contributed by atoms with van der Waals surface area (Å²) in [5.74, 6) is 0.886. The average molecular weight is 337 g/mol. The highest BCUT2D eigenvalue weighted by Gasteiger charge is 2.38. The molecule has 124 valence electrons. The van der Waals surface area contributed by atoms with Crippen molar-refractivity contribution in [3.63, 3.8) is 0 Å². The van der Waals surface area contributed by atoms with E-state index in [1.54, 1.807) is 0 Å². The predicted molar refractivity (Wildman–Crippen MR) is 102 cm³/mol. The van der Waals surface area contributed by atoms with E-state index in [2.05, 4.69) is 20.8 Å². The van der Waals surface area contributed by atoms with Gasteiger partial charge in [-0.05, 0) is 23.7 Å². The Morgan fingerprint density at radius 2 is 1.33 bits per heavy atom. The van der Waals surface area contributed by atoms with Crippen molar-refractivity contribution in [2.45, 2.75) is 38.9 Å². The van der Waals surface area contributed by atoms with Gasteiger partial charge in [0.1, 0.15) is 5.76 Å². The van der Waals surface area contributed by atoms with Crippen molar-refractivity contribution in [3.05, 3.63) is 71.3 Å². The van der Waals surface area contributed by atoms with Crippen LogP contribution < -0.4 is 0 Å². The summed E-state index contributed by atoms with van der Waals surface area (Å²) >= 11 is 0. The summed E-state index contributed by atoms with van der Waals surface area (Å²) in [4.78, 5) is 13.0. The smallest absolute Gasteiger partial charge is 0.250 e. The van der Waals surface area contributed by atoms with Crippen LogP contribution in [-0.4, -0.2) is 14.1 Å². The fourth-order valence-corrected chi connectivity index (χ4v) is 5.99. The van der Waals surface area contributed by atoms with Crippen molar-refractivity contribution in [1.29, 1.82) is 0 Å². The molecule has 0 fully saturated rings. The van der Waals surface area contributed by atoms with E-state index in [0.29, 0.717) is 0 Å². The second-order valence-electron chi connectivity index (χ2n) is 6.29. The maximum atomic E-state index is 13.0. The number of carbonyl (C=O) groups is 1. The van der Waals surface area contributed by atoms with Gasteiger partial charge in [0.25, 0.3) is 8.32 Å². The van der Waals surface area contributed by atoms with Gasteiger partial charge in [0.05, 0.1) is 5.57 Å². The Bertz CT molecular complexity index is 765. The quantitative estimate of drug-likeness (QED) is 0.626. The first-order chi connectivity index (χ1) is 11.7. The molecule has 0 radical (unpaired) electrons. The van der Waals surface area contributed by atoms with Crippen molar-refractivity contribution in [3.8, 4) is 0 Å². The molecule has 2 aromatic rings. The van der Waals surface area contributed by atoms with Crippen LogP contribution in [0.15, 0.2) is 54.6 Å². The largest absolute Gasteiger partial charge is 0.543 e. The number of allylic oxidation sites excluding steroid dienone is 1. The molecule has 0 unspecified atom stereocenters. The fourth-order valence-electron chi connectivity index (χ4n) is 3.41. The number of benzene rings is 2. The van der Waals surface area contributed by atoms with Crippen molar-refractivity contribution in [1.82, 2.24) is 0 Å². The molecule has 3 heteroatoms. The van der Waals surface area contributed by atoms with Gasteiger partial charge in [0, 0.05) is 11.1 Å². The minimum absolute atomic E-state index is 0.0815. The van der Waals surface area contributed by atoms with Crippen LogP contribution in [0, 0.1) is 0 Å². The first kappa shape index (κ1) is 16.7. The van der Waals surface area contributed by atoms with E-state index in [0.717, 1.165) is 46.2 Å². The summed E-state index contributed by atoms with van der Waals surface area (Å²) in [5, 5.41) is 0. The summed E-state index contributed by atoms with van der Waals surface area (Å²) in [6.07, 6.45) is 0.